The van der Waals surface area contributed by atoms with Crippen molar-refractivity contribution in [2.75, 3.05) is 0 Å². The molecular weight excluding hydrogens is 348 g/mol. The number of benzene rings is 1. The second-order valence-corrected chi connectivity index (χ2v) is 5.30. The molecule has 2 aromatic heterocycles. The summed E-state index contributed by atoms with van der Waals surface area (Å²) >= 11 is 3.39. The Hall–Kier alpha value is -2.60. The molecule has 3 rings (SSSR count). The number of hydrazone groups is 1. The van der Waals surface area contributed by atoms with E-state index in [-0.39, 0.29) is 5.76 Å². The van der Waals surface area contributed by atoms with E-state index in [0.29, 0.717) is 5.76 Å². The van der Waals surface area contributed by atoms with Crippen molar-refractivity contribution < 1.29 is 13.6 Å². The van der Waals surface area contributed by atoms with Crippen molar-refractivity contribution in [3.63, 3.8) is 0 Å². The van der Waals surface area contributed by atoms with Crippen molar-refractivity contribution >= 4 is 28.1 Å². The highest BCUT2D eigenvalue weighted by molar-refractivity contribution is 9.10. The van der Waals surface area contributed by atoms with Gasteiger partial charge in [-0.2, -0.15) is 5.10 Å². The molecule has 0 saturated carbocycles. The molecule has 0 aliphatic rings. The van der Waals surface area contributed by atoms with Gasteiger partial charge in [0.1, 0.15) is 11.5 Å². The van der Waals surface area contributed by atoms with Crippen LogP contribution in [-0.4, -0.2) is 12.1 Å². The minimum absolute atomic E-state index is 0.201. The summed E-state index contributed by atoms with van der Waals surface area (Å²) in [5, 5.41) is 3.83. The Kier molecular flexibility index (Phi) is 4.20. The Labute approximate surface area is 134 Å². The zero-order chi connectivity index (χ0) is 15.4. The van der Waals surface area contributed by atoms with Gasteiger partial charge in [-0.25, -0.2) is 5.43 Å². The van der Waals surface area contributed by atoms with Gasteiger partial charge in [-0.3, -0.25) is 4.79 Å². The smallest absolute Gasteiger partial charge is 0.307 e. The van der Waals surface area contributed by atoms with Crippen LogP contribution in [-0.2, 0) is 0 Å². The molecule has 0 atom stereocenters. The molecule has 0 spiro atoms. The third kappa shape index (κ3) is 3.35. The fourth-order valence-electron chi connectivity index (χ4n) is 1.81. The van der Waals surface area contributed by atoms with E-state index in [2.05, 4.69) is 26.5 Å². The number of hydrogen-bond donors (Lipinski definition) is 1. The normalized spacial score (nSPS) is 11.0. The second-order valence-electron chi connectivity index (χ2n) is 4.39. The number of nitrogens with zero attached hydrogens (tertiary/aromatic N) is 1. The molecule has 110 valence electrons. The van der Waals surface area contributed by atoms with Crippen LogP contribution in [0.3, 0.4) is 0 Å². The van der Waals surface area contributed by atoms with Crippen LogP contribution in [0.4, 0.5) is 0 Å². The summed E-state index contributed by atoms with van der Waals surface area (Å²) in [6.07, 6.45) is 2.86. The maximum Gasteiger partial charge on any atom is 0.307 e. The summed E-state index contributed by atoms with van der Waals surface area (Å²) < 4.78 is 11.6. The van der Waals surface area contributed by atoms with E-state index in [1.54, 1.807) is 18.2 Å². The standard InChI is InChI=1S/C16H11BrN2O3/c17-12-5-3-11(4-6-12)14-8-7-13(22-14)10-18-19-16(20)15-2-1-9-21-15/h1-10H,(H,19,20)/b18-10-. The topological polar surface area (TPSA) is 67.7 Å². The van der Waals surface area contributed by atoms with Crippen molar-refractivity contribution in [1.82, 2.24) is 5.43 Å². The summed E-state index contributed by atoms with van der Waals surface area (Å²) in [4.78, 5) is 11.6. The van der Waals surface area contributed by atoms with Crippen molar-refractivity contribution in [2.24, 2.45) is 5.10 Å². The van der Waals surface area contributed by atoms with Crippen LogP contribution in [0.15, 0.2) is 73.2 Å². The predicted molar refractivity (Wildman–Crippen MR) is 85.6 cm³/mol. The quantitative estimate of drug-likeness (QED) is 0.564. The van der Waals surface area contributed by atoms with E-state index in [9.17, 15) is 4.79 Å². The van der Waals surface area contributed by atoms with Crippen molar-refractivity contribution in [3.8, 4) is 11.3 Å². The Morgan fingerprint density at radius 1 is 1.14 bits per heavy atom. The molecule has 5 nitrogen and oxygen atoms in total. The number of furan rings is 2. The number of hydrogen-bond acceptors (Lipinski definition) is 4. The first-order valence-corrected chi connectivity index (χ1v) is 7.24. The molecule has 22 heavy (non-hydrogen) atoms. The average molecular weight is 359 g/mol. The van der Waals surface area contributed by atoms with Crippen molar-refractivity contribution in [3.05, 3.63) is 70.8 Å². The molecular formula is C16H11BrN2O3. The molecule has 0 saturated heterocycles. The number of halogens is 1. The van der Waals surface area contributed by atoms with E-state index >= 15 is 0 Å². The molecule has 1 N–H and O–H groups in total. The van der Waals surface area contributed by atoms with Crippen LogP contribution in [0.25, 0.3) is 11.3 Å². The van der Waals surface area contributed by atoms with Crippen molar-refractivity contribution in [1.29, 1.82) is 0 Å². The van der Waals surface area contributed by atoms with E-state index in [0.717, 1.165) is 15.8 Å². The molecule has 2 heterocycles. The van der Waals surface area contributed by atoms with E-state index in [1.807, 2.05) is 30.3 Å². The molecule has 0 fully saturated rings. The third-order valence-electron chi connectivity index (χ3n) is 2.86. The zero-order valence-corrected chi connectivity index (χ0v) is 12.9. The van der Waals surface area contributed by atoms with E-state index in [4.69, 9.17) is 8.83 Å². The monoisotopic (exact) mass is 358 g/mol. The van der Waals surface area contributed by atoms with Gasteiger partial charge >= 0.3 is 5.91 Å². The predicted octanol–water partition coefficient (Wildman–Crippen LogP) is 4.07. The number of carbonyl (C=O) groups is 1. The largest absolute Gasteiger partial charge is 0.459 e. The highest BCUT2D eigenvalue weighted by Gasteiger charge is 2.06. The first kappa shape index (κ1) is 14.3. The summed E-state index contributed by atoms with van der Waals surface area (Å²) in [5.41, 5.74) is 3.32. The Balaban J connectivity index is 1.65. The van der Waals surface area contributed by atoms with Crippen LogP contribution in [0, 0.1) is 0 Å². The lowest BCUT2D eigenvalue weighted by atomic mass is 10.2. The lowest BCUT2D eigenvalue weighted by molar-refractivity contribution is 0.0927. The van der Waals surface area contributed by atoms with Crippen LogP contribution in [0.1, 0.15) is 16.3 Å². The SMILES string of the molecule is O=C(N/N=C\c1ccc(-c2ccc(Br)cc2)o1)c1ccco1. The lowest BCUT2D eigenvalue weighted by Crippen LogP contribution is -2.16. The number of amides is 1. The van der Waals surface area contributed by atoms with Crippen LogP contribution in [0.5, 0.6) is 0 Å². The Morgan fingerprint density at radius 3 is 2.68 bits per heavy atom. The van der Waals surface area contributed by atoms with Gasteiger partial charge in [-0.1, -0.05) is 28.1 Å². The first-order chi connectivity index (χ1) is 10.7. The minimum atomic E-state index is -0.416. The van der Waals surface area contributed by atoms with Gasteiger partial charge in [-0.05, 0) is 36.4 Å². The molecule has 1 amide bonds. The number of carbonyl (C=O) groups excluding carboxylic acids is 1. The van der Waals surface area contributed by atoms with Crippen molar-refractivity contribution in [2.45, 2.75) is 0 Å². The fourth-order valence-corrected chi connectivity index (χ4v) is 2.07. The highest BCUT2D eigenvalue weighted by atomic mass is 79.9. The zero-order valence-electron chi connectivity index (χ0n) is 11.3. The average Bonchev–Trinajstić information content (AvgIpc) is 3.19. The van der Waals surface area contributed by atoms with Gasteiger partial charge in [0.25, 0.3) is 0 Å². The summed E-state index contributed by atoms with van der Waals surface area (Å²) in [5.74, 6) is 1.05. The summed E-state index contributed by atoms with van der Waals surface area (Å²) in [6.45, 7) is 0. The van der Waals surface area contributed by atoms with Gasteiger partial charge in [0.05, 0.1) is 12.5 Å². The number of nitrogens with one attached hydrogen (secondary N) is 1. The van der Waals surface area contributed by atoms with Gasteiger partial charge in [0.15, 0.2) is 5.76 Å². The lowest BCUT2D eigenvalue weighted by Gasteiger charge is -1.96. The van der Waals surface area contributed by atoms with Crippen LogP contribution < -0.4 is 5.43 Å². The van der Waals surface area contributed by atoms with E-state index < -0.39 is 5.91 Å². The molecule has 1 aromatic carbocycles. The maximum atomic E-state index is 11.6. The second kappa shape index (κ2) is 6.44. The van der Waals surface area contributed by atoms with Gasteiger partial charge < -0.3 is 8.83 Å². The van der Waals surface area contributed by atoms with E-state index in [1.165, 1.54) is 12.5 Å². The minimum Gasteiger partial charge on any atom is -0.459 e. The van der Waals surface area contributed by atoms with Crippen LogP contribution >= 0.6 is 15.9 Å². The number of rotatable bonds is 4. The Morgan fingerprint density at radius 2 is 1.95 bits per heavy atom. The Bertz CT molecular complexity index is 789. The molecule has 0 bridgehead atoms. The molecule has 0 aliphatic carbocycles. The molecule has 0 radical (unpaired) electrons. The summed E-state index contributed by atoms with van der Waals surface area (Å²) in [6, 6.07) is 14.6. The highest BCUT2D eigenvalue weighted by Crippen LogP contribution is 2.23. The van der Waals surface area contributed by atoms with Crippen LogP contribution in [0.2, 0.25) is 0 Å². The molecule has 0 aliphatic heterocycles. The molecule has 0 unspecified atom stereocenters. The third-order valence-corrected chi connectivity index (χ3v) is 3.39. The van der Waals surface area contributed by atoms with Gasteiger partial charge in [0, 0.05) is 10.0 Å². The first-order valence-electron chi connectivity index (χ1n) is 6.45. The molecule has 3 aromatic rings. The van der Waals surface area contributed by atoms with Gasteiger partial charge in [0.2, 0.25) is 0 Å². The van der Waals surface area contributed by atoms with Gasteiger partial charge in [-0.15, -0.1) is 0 Å². The maximum absolute atomic E-state index is 11.6. The fraction of sp³-hybridized carbons (Fsp3) is 0. The molecule has 6 heteroatoms. The summed E-state index contributed by atoms with van der Waals surface area (Å²) in [7, 11) is 0.